The first-order chi connectivity index (χ1) is 26.3. The molecule has 0 amide bonds. The Bertz CT molecular complexity index is 2380. The highest BCUT2D eigenvalue weighted by atomic mass is 32.1. The molecule has 55 heavy (non-hydrogen) atoms. The number of allylic oxidation sites excluding steroid dienone is 6. The topological polar surface area (TPSA) is 18.5 Å². The summed E-state index contributed by atoms with van der Waals surface area (Å²) >= 11 is 2.20. The Labute approximate surface area is 322 Å². The second-order valence-corrected chi connectivity index (χ2v) is 15.5. The number of hydrogen-bond donors (Lipinski definition) is 0. The van der Waals surface area contributed by atoms with Gasteiger partial charge >= 0.3 is 17.8 Å². The quantitative estimate of drug-likeness (QED) is 0.102. The zero-order valence-corrected chi connectivity index (χ0v) is 31.7. The Morgan fingerprint density at radius 2 is 0.800 bits per heavy atom. The molecule has 0 atom stereocenters. The average molecular weight is 785 g/mol. The van der Waals surface area contributed by atoms with Crippen molar-refractivity contribution in [1.82, 2.24) is 0 Å². The molecule has 0 unspecified atom stereocenters. The minimum Gasteiger partial charge on any atom is -0.497 e. The van der Waals surface area contributed by atoms with Crippen LogP contribution in [0, 0.1) is 13.8 Å². The molecule has 0 N–H and O–H groups in total. The summed E-state index contributed by atoms with van der Waals surface area (Å²) in [4.78, 5) is 0.473. The van der Waals surface area contributed by atoms with Crippen LogP contribution in [-0.4, -0.2) is 32.0 Å². The van der Waals surface area contributed by atoms with Gasteiger partial charge in [0.2, 0.25) is 0 Å². The summed E-state index contributed by atoms with van der Waals surface area (Å²) in [6, 6.07) is 24.9. The van der Waals surface area contributed by atoms with E-state index in [4.69, 9.17) is 9.47 Å². The minimum absolute atomic E-state index is 0.203. The van der Waals surface area contributed by atoms with Gasteiger partial charge in [0.05, 0.1) is 14.2 Å². The van der Waals surface area contributed by atoms with E-state index in [2.05, 4.69) is 0 Å². The molecule has 6 aromatic rings. The molecule has 0 spiro atoms. The normalized spacial score (nSPS) is 16.6. The lowest BCUT2D eigenvalue weighted by atomic mass is 9.91. The van der Waals surface area contributed by atoms with Crippen molar-refractivity contribution in [2.24, 2.45) is 0 Å². The van der Waals surface area contributed by atoms with Crippen molar-refractivity contribution in [3.63, 3.8) is 0 Å². The number of ether oxygens (including phenoxy) is 2. The number of rotatable bonds is 10. The monoisotopic (exact) mass is 784 g/mol. The van der Waals surface area contributed by atoms with Crippen LogP contribution in [0.4, 0.5) is 26.3 Å². The van der Waals surface area contributed by atoms with Crippen molar-refractivity contribution in [2.75, 3.05) is 14.2 Å². The summed E-state index contributed by atoms with van der Waals surface area (Å²) in [5.74, 6) is -14.6. The highest BCUT2D eigenvalue weighted by Crippen LogP contribution is 2.67. The second-order valence-electron chi connectivity index (χ2n) is 13.0. The molecule has 4 aromatic carbocycles. The first kappa shape index (κ1) is 38.0. The molecule has 0 saturated carbocycles. The van der Waals surface area contributed by atoms with E-state index in [1.54, 1.807) is 87.1 Å². The van der Waals surface area contributed by atoms with E-state index >= 15 is 26.3 Å². The van der Waals surface area contributed by atoms with Gasteiger partial charge in [-0.2, -0.15) is 26.3 Å². The van der Waals surface area contributed by atoms with Gasteiger partial charge in [0.25, 0.3) is 0 Å². The predicted octanol–water partition coefficient (Wildman–Crippen LogP) is 14.0. The number of methoxy groups -OCH3 is 2. The highest BCUT2D eigenvalue weighted by molar-refractivity contribution is 7.19. The van der Waals surface area contributed by atoms with Gasteiger partial charge in [-0.25, -0.2) is 0 Å². The summed E-state index contributed by atoms with van der Waals surface area (Å²) in [6.07, 6.45) is 14.3. The van der Waals surface area contributed by atoms with Gasteiger partial charge in [0.15, 0.2) is 0 Å². The first-order valence-electron chi connectivity index (χ1n) is 17.2. The van der Waals surface area contributed by atoms with Crippen LogP contribution in [0.5, 0.6) is 11.5 Å². The fourth-order valence-electron chi connectivity index (χ4n) is 6.79. The maximum Gasteiger partial charge on any atom is 0.380 e. The second kappa shape index (κ2) is 14.7. The molecule has 2 nitrogen and oxygen atoms in total. The Morgan fingerprint density at radius 3 is 1.15 bits per heavy atom. The third-order valence-electron chi connectivity index (χ3n) is 9.55. The fraction of sp³-hybridized carbons (Fsp3) is 0.156. The van der Waals surface area contributed by atoms with Crippen molar-refractivity contribution in [2.45, 2.75) is 31.6 Å². The van der Waals surface area contributed by atoms with E-state index in [-0.39, 0.29) is 31.7 Å². The van der Waals surface area contributed by atoms with E-state index < -0.39 is 28.9 Å². The summed E-state index contributed by atoms with van der Waals surface area (Å²) in [5, 5.41) is 0.405. The molecule has 1 aliphatic rings. The third kappa shape index (κ3) is 6.82. The van der Waals surface area contributed by atoms with Gasteiger partial charge in [0.1, 0.15) is 11.5 Å². The molecular formula is C45H34F6O2S2. The minimum atomic E-state index is -5.68. The summed E-state index contributed by atoms with van der Waals surface area (Å²) in [5.41, 5.74) is -0.246. The van der Waals surface area contributed by atoms with Crippen molar-refractivity contribution in [3.8, 4) is 11.5 Å². The third-order valence-corrected chi connectivity index (χ3v) is 11.7. The molecule has 2 heterocycles. The maximum atomic E-state index is 16.2. The standard InChI is InChI=1S/C45H34F6O2S2/c1-27-39(35-25-31(17-23-37(35)54-27)11-7-5-9-29-13-19-33(52-3)20-14-29)41-42(44(48,49)45(50,51)43(41,46)47)40-28(2)55-38-24-18-32(26-36(38)40)12-8-6-10-30-15-21-34(53-4)22-16-30/h5-26H,1-4H3. The number of fused-ring (bicyclic) bond motifs is 2. The molecule has 7 rings (SSSR count). The molecule has 2 aromatic heterocycles. The largest absolute Gasteiger partial charge is 0.497 e. The smallest absolute Gasteiger partial charge is 0.380 e. The highest BCUT2D eigenvalue weighted by Gasteiger charge is 2.80. The van der Waals surface area contributed by atoms with E-state index in [1.165, 1.54) is 13.8 Å². The molecule has 280 valence electrons. The van der Waals surface area contributed by atoms with E-state index in [9.17, 15) is 0 Å². The Kier molecular flexibility index (Phi) is 10.2. The van der Waals surface area contributed by atoms with Crippen molar-refractivity contribution in [3.05, 3.63) is 152 Å². The zero-order valence-electron chi connectivity index (χ0n) is 30.1. The fourth-order valence-corrected chi connectivity index (χ4v) is 8.89. The van der Waals surface area contributed by atoms with Crippen molar-refractivity contribution in [1.29, 1.82) is 0 Å². The number of benzene rings is 4. The number of halogens is 6. The van der Waals surface area contributed by atoms with Gasteiger partial charge in [-0.3, -0.25) is 0 Å². The molecule has 0 saturated heterocycles. The van der Waals surface area contributed by atoms with Gasteiger partial charge in [-0.05, 0) is 84.6 Å². The molecule has 0 radical (unpaired) electrons. The van der Waals surface area contributed by atoms with E-state index in [0.717, 1.165) is 45.3 Å². The van der Waals surface area contributed by atoms with E-state index in [0.29, 0.717) is 20.5 Å². The SMILES string of the molecule is COc1ccc(C=CC=Cc2ccc3sc(C)c(C4=C(c5c(C)sc6ccc(C=CC=Cc7ccc(OC)cc7)cc56)C(F)(F)C(F)(F)C4(F)F)c3c2)cc1. The van der Waals surface area contributed by atoms with E-state index in [1.807, 2.05) is 60.7 Å². The summed E-state index contributed by atoms with van der Waals surface area (Å²) in [6.45, 7) is 3.01. The maximum absolute atomic E-state index is 16.2. The Balaban J connectivity index is 1.32. The Hall–Kier alpha value is -5.32. The van der Waals surface area contributed by atoms with Crippen LogP contribution in [0.2, 0.25) is 0 Å². The zero-order chi connectivity index (χ0) is 39.1. The number of aryl methyl sites for hydroxylation is 2. The summed E-state index contributed by atoms with van der Waals surface area (Å²) in [7, 11) is 3.16. The predicted molar refractivity (Wildman–Crippen MR) is 217 cm³/mol. The van der Waals surface area contributed by atoms with Gasteiger partial charge < -0.3 is 9.47 Å². The lowest BCUT2D eigenvalue weighted by Gasteiger charge is -2.26. The molecule has 1 aliphatic carbocycles. The van der Waals surface area contributed by atoms with Crippen LogP contribution >= 0.6 is 22.7 Å². The number of alkyl halides is 6. The van der Waals surface area contributed by atoms with Crippen LogP contribution in [0.1, 0.15) is 43.1 Å². The lowest BCUT2D eigenvalue weighted by molar-refractivity contribution is -0.254. The lowest BCUT2D eigenvalue weighted by Crippen LogP contribution is -2.48. The van der Waals surface area contributed by atoms with Crippen LogP contribution in [0.3, 0.4) is 0 Å². The average Bonchev–Trinajstić information content (AvgIpc) is 3.70. The van der Waals surface area contributed by atoms with Gasteiger partial charge in [-0.1, -0.05) is 85.0 Å². The number of hydrogen-bond acceptors (Lipinski definition) is 4. The number of thiophene rings is 2. The van der Waals surface area contributed by atoms with Gasteiger partial charge in [-0.15, -0.1) is 22.7 Å². The molecule has 0 fully saturated rings. The van der Waals surface area contributed by atoms with Crippen LogP contribution in [0.25, 0.3) is 55.6 Å². The molecular weight excluding hydrogens is 751 g/mol. The molecule has 10 heteroatoms. The van der Waals surface area contributed by atoms with Crippen molar-refractivity contribution < 1.29 is 35.8 Å². The van der Waals surface area contributed by atoms with Crippen molar-refractivity contribution >= 4 is 78.3 Å². The van der Waals surface area contributed by atoms with Crippen LogP contribution < -0.4 is 9.47 Å². The Morgan fingerprint density at radius 1 is 0.473 bits per heavy atom. The molecule has 0 bridgehead atoms. The molecule has 0 aliphatic heterocycles. The first-order valence-corrected chi connectivity index (χ1v) is 18.8. The van der Waals surface area contributed by atoms with Gasteiger partial charge in [0, 0.05) is 52.2 Å². The van der Waals surface area contributed by atoms with Crippen LogP contribution in [0.15, 0.2) is 109 Å². The van der Waals surface area contributed by atoms with Crippen LogP contribution in [-0.2, 0) is 0 Å². The summed E-state index contributed by atoms with van der Waals surface area (Å²) < 4.78 is 107.